The smallest absolute Gasteiger partial charge is 0.222 e. The summed E-state index contributed by atoms with van der Waals surface area (Å²) in [6.45, 7) is 2.79. The number of hydrogen-bond donors (Lipinski definition) is 0. The van der Waals surface area contributed by atoms with Crippen LogP contribution in [0.5, 0.6) is 0 Å². The quantitative estimate of drug-likeness (QED) is 0.701. The van der Waals surface area contributed by atoms with Crippen LogP contribution < -0.4 is 0 Å². The van der Waals surface area contributed by atoms with Gasteiger partial charge in [0.2, 0.25) is 5.91 Å². The van der Waals surface area contributed by atoms with Crippen molar-refractivity contribution in [3.8, 4) is 0 Å². The van der Waals surface area contributed by atoms with E-state index >= 15 is 0 Å². The summed E-state index contributed by atoms with van der Waals surface area (Å²) in [6, 6.07) is 15.1. The van der Waals surface area contributed by atoms with Crippen molar-refractivity contribution in [1.29, 1.82) is 0 Å². The molecule has 26 heavy (non-hydrogen) atoms. The molecule has 0 saturated heterocycles. The van der Waals surface area contributed by atoms with Crippen molar-refractivity contribution in [3.63, 3.8) is 0 Å². The van der Waals surface area contributed by atoms with Crippen LogP contribution in [0.15, 0.2) is 53.7 Å². The van der Waals surface area contributed by atoms with Crippen molar-refractivity contribution >= 4 is 34.8 Å². The lowest BCUT2D eigenvalue weighted by molar-refractivity contribution is -0.133. The molecule has 0 aromatic heterocycles. The van der Waals surface area contributed by atoms with E-state index in [-0.39, 0.29) is 12.0 Å². The van der Waals surface area contributed by atoms with Gasteiger partial charge in [-0.05, 0) is 29.3 Å². The van der Waals surface area contributed by atoms with E-state index in [1.807, 2.05) is 55.5 Å². The first-order chi connectivity index (χ1) is 12.6. The van der Waals surface area contributed by atoms with E-state index in [0.29, 0.717) is 36.0 Å². The molecular formula is C20H20Cl2N2O2. The first kappa shape index (κ1) is 18.7. The second-order valence-corrected chi connectivity index (χ2v) is 7.04. The summed E-state index contributed by atoms with van der Waals surface area (Å²) in [5, 5.41) is 5.53. The van der Waals surface area contributed by atoms with E-state index in [0.717, 1.165) is 16.8 Å². The molecule has 1 aliphatic heterocycles. The average Bonchev–Trinajstić information content (AvgIpc) is 3.11. The van der Waals surface area contributed by atoms with E-state index in [4.69, 9.17) is 28.0 Å². The predicted octanol–water partition coefficient (Wildman–Crippen LogP) is 4.93. The van der Waals surface area contributed by atoms with Crippen LogP contribution in [0.1, 0.15) is 30.9 Å². The number of benzene rings is 2. The number of hydrogen-bond acceptors (Lipinski definition) is 3. The second-order valence-electron chi connectivity index (χ2n) is 6.20. The maximum absolute atomic E-state index is 12.4. The molecular weight excluding hydrogens is 371 g/mol. The highest BCUT2D eigenvalue weighted by atomic mass is 35.5. The van der Waals surface area contributed by atoms with Crippen molar-refractivity contribution in [1.82, 2.24) is 4.90 Å². The van der Waals surface area contributed by atoms with Gasteiger partial charge in [-0.25, -0.2) is 0 Å². The second kappa shape index (κ2) is 8.56. The molecule has 0 N–H and O–H groups in total. The Bertz CT molecular complexity index is 806. The summed E-state index contributed by atoms with van der Waals surface area (Å²) in [7, 11) is 0. The fourth-order valence-corrected chi connectivity index (χ4v) is 3.22. The topological polar surface area (TPSA) is 41.9 Å². The fourth-order valence-electron chi connectivity index (χ4n) is 2.90. The van der Waals surface area contributed by atoms with E-state index in [9.17, 15) is 4.79 Å². The summed E-state index contributed by atoms with van der Waals surface area (Å²) in [4.78, 5) is 19.7. The molecule has 6 heteroatoms. The van der Waals surface area contributed by atoms with E-state index in [1.165, 1.54) is 0 Å². The van der Waals surface area contributed by atoms with Gasteiger partial charge < -0.3 is 9.74 Å². The molecule has 0 unspecified atom stereocenters. The molecule has 2 aromatic carbocycles. The first-order valence-corrected chi connectivity index (χ1v) is 9.32. The van der Waals surface area contributed by atoms with Crippen LogP contribution in [0.3, 0.4) is 0 Å². The average molecular weight is 391 g/mol. The van der Waals surface area contributed by atoms with Crippen LogP contribution >= 0.6 is 23.2 Å². The van der Waals surface area contributed by atoms with E-state index in [2.05, 4.69) is 5.16 Å². The number of oxime groups is 1. The molecule has 1 atom stereocenters. The largest absolute Gasteiger partial charge is 0.390 e. The maximum atomic E-state index is 12.4. The van der Waals surface area contributed by atoms with Crippen molar-refractivity contribution in [3.05, 3.63) is 69.7 Å². The maximum Gasteiger partial charge on any atom is 0.222 e. The molecule has 1 aliphatic rings. The Morgan fingerprint density at radius 1 is 1.19 bits per heavy atom. The molecule has 3 rings (SSSR count). The Hall–Kier alpha value is -2.04. The third-order valence-electron chi connectivity index (χ3n) is 4.31. The molecule has 0 radical (unpaired) electrons. The number of halogens is 2. The van der Waals surface area contributed by atoms with Crippen LogP contribution in [0.4, 0.5) is 0 Å². The summed E-state index contributed by atoms with van der Waals surface area (Å²) in [6.07, 6.45) is 0.915. The summed E-state index contributed by atoms with van der Waals surface area (Å²) in [5.74, 6) is 0.0634. The normalized spacial score (nSPS) is 16.1. The highest BCUT2D eigenvalue weighted by Gasteiger charge is 2.26. The Morgan fingerprint density at radius 2 is 1.92 bits per heavy atom. The van der Waals surface area contributed by atoms with Crippen LogP contribution in [-0.2, 0) is 16.2 Å². The standard InChI is InChI=1S/C20H20Cl2N2O2/c1-2-20(25)24(12-15-5-3-4-6-18(15)22)13-17-11-19(23-26-17)14-7-9-16(21)10-8-14/h3-10,17H,2,11-13H2,1H3/t17-/m0/s1. The highest BCUT2D eigenvalue weighted by molar-refractivity contribution is 6.31. The molecule has 2 aromatic rings. The molecule has 0 fully saturated rings. The van der Waals surface area contributed by atoms with Crippen LogP contribution in [0.25, 0.3) is 0 Å². The molecule has 1 heterocycles. The van der Waals surface area contributed by atoms with E-state index < -0.39 is 0 Å². The fraction of sp³-hybridized carbons (Fsp3) is 0.300. The zero-order valence-corrected chi connectivity index (χ0v) is 16.0. The molecule has 0 aliphatic carbocycles. The van der Waals surface area contributed by atoms with Gasteiger partial charge in [-0.15, -0.1) is 0 Å². The lowest BCUT2D eigenvalue weighted by atomic mass is 10.0. The van der Waals surface area contributed by atoms with Gasteiger partial charge in [0.1, 0.15) is 0 Å². The van der Waals surface area contributed by atoms with Crippen LogP contribution in [-0.4, -0.2) is 29.2 Å². The van der Waals surface area contributed by atoms with Gasteiger partial charge in [0.05, 0.1) is 12.3 Å². The predicted molar refractivity (Wildman–Crippen MR) is 105 cm³/mol. The third kappa shape index (κ3) is 4.57. The Kier molecular flexibility index (Phi) is 6.17. The van der Waals surface area contributed by atoms with Crippen molar-refractivity contribution in [2.24, 2.45) is 5.16 Å². The summed E-state index contributed by atoms with van der Waals surface area (Å²) in [5.41, 5.74) is 2.78. The van der Waals surface area contributed by atoms with Crippen molar-refractivity contribution in [2.45, 2.75) is 32.4 Å². The SMILES string of the molecule is CCC(=O)N(Cc1ccccc1Cl)C[C@@H]1CC(c2ccc(Cl)cc2)=NO1. The summed E-state index contributed by atoms with van der Waals surface area (Å²) < 4.78 is 0. The molecule has 0 saturated carbocycles. The lowest BCUT2D eigenvalue weighted by Crippen LogP contribution is -2.37. The van der Waals surface area contributed by atoms with Crippen LogP contribution in [0, 0.1) is 0 Å². The minimum absolute atomic E-state index is 0.0634. The van der Waals surface area contributed by atoms with Gasteiger partial charge in [0.15, 0.2) is 6.10 Å². The number of carbonyl (C=O) groups excluding carboxylic acids is 1. The van der Waals surface area contributed by atoms with Crippen molar-refractivity contribution in [2.75, 3.05) is 6.54 Å². The molecule has 136 valence electrons. The zero-order chi connectivity index (χ0) is 18.5. The lowest BCUT2D eigenvalue weighted by Gasteiger charge is -2.25. The van der Waals surface area contributed by atoms with Gasteiger partial charge in [-0.2, -0.15) is 0 Å². The Balaban J connectivity index is 1.66. The number of rotatable bonds is 6. The van der Waals surface area contributed by atoms with Crippen LogP contribution in [0.2, 0.25) is 10.0 Å². The molecule has 0 bridgehead atoms. The monoisotopic (exact) mass is 390 g/mol. The Labute approximate surface area is 163 Å². The number of nitrogens with zero attached hydrogens (tertiary/aromatic N) is 2. The number of carbonyl (C=O) groups is 1. The highest BCUT2D eigenvalue weighted by Crippen LogP contribution is 2.22. The molecule has 1 amide bonds. The third-order valence-corrected chi connectivity index (χ3v) is 4.93. The number of amides is 1. The van der Waals surface area contributed by atoms with Crippen molar-refractivity contribution < 1.29 is 9.63 Å². The summed E-state index contributed by atoms with van der Waals surface area (Å²) >= 11 is 12.2. The molecule has 4 nitrogen and oxygen atoms in total. The van der Waals surface area contributed by atoms with Gasteiger partial charge in [-0.1, -0.05) is 65.6 Å². The van der Waals surface area contributed by atoms with Gasteiger partial charge in [0, 0.05) is 29.4 Å². The van der Waals surface area contributed by atoms with Gasteiger partial charge >= 0.3 is 0 Å². The first-order valence-electron chi connectivity index (χ1n) is 8.56. The molecule has 0 spiro atoms. The van der Waals surface area contributed by atoms with E-state index in [1.54, 1.807) is 4.90 Å². The van der Waals surface area contributed by atoms with Gasteiger partial charge in [0.25, 0.3) is 0 Å². The Morgan fingerprint density at radius 3 is 2.62 bits per heavy atom. The minimum atomic E-state index is -0.168. The van der Waals surface area contributed by atoms with Gasteiger partial charge in [-0.3, -0.25) is 4.79 Å². The minimum Gasteiger partial charge on any atom is -0.390 e. The zero-order valence-electron chi connectivity index (χ0n) is 14.5.